The molecule has 1 aromatic carbocycles. The highest BCUT2D eigenvalue weighted by molar-refractivity contribution is 7.89. The van der Waals surface area contributed by atoms with Gasteiger partial charge in [0.25, 0.3) is 0 Å². The summed E-state index contributed by atoms with van der Waals surface area (Å²) in [6.07, 6.45) is 4.86. The van der Waals surface area contributed by atoms with E-state index in [4.69, 9.17) is 5.11 Å². The van der Waals surface area contributed by atoms with Gasteiger partial charge in [-0.2, -0.15) is 0 Å². The van der Waals surface area contributed by atoms with Crippen LogP contribution >= 0.6 is 0 Å². The lowest BCUT2D eigenvalue weighted by Crippen LogP contribution is -2.29. The number of hydrogen-bond acceptors (Lipinski definition) is 3. The van der Waals surface area contributed by atoms with Crippen LogP contribution < -0.4 is 4.72 Å². The average molecular weight is 313 g/mol. The van der Waals surface area contributed by atoms with Crippen molar-refractivity contribution in [1.82, 2.24) is 4.72 Å². The van der Waals surface area contributed by atoms with Crippen molar-refractivity contribution in [3.05, 3.63) is 29.8 Å². The van der Waals surface area contributed by atoms with E-state index < -0.39 is 10.0 Å². The standard InChI is InChI=1S/C16H27NO3S/c1-3-5-6-14(4-2)13-17-21(19,20)16-9-7-15(8-10-16)11-12-18/h7-10,14,17-18H,3-6,11-13H2,1-2H3. The largest absolute Gasteiger partial charge is 0.396 e. The second-order valence-electron chi connectivity index (χ2n) is 5.39. The van der Waals surface area contributed by atoms with Gasteiger partial charge < -0.3 is 5.11 Å². The predicted molar refractivity (Wildman–Crippen MR) is 85.7 cm³/mol. The van der Waals surface area contributed by atoms with E-state index in [-0.39, 0.29) is 11.5 Å². The Morgan fingerprint density at radius 2 is 1.86 bits per heavy atom. The van der Waals surface area contributed by atoms with Crippen molar-refractivity contribution in [2.24, 2.45) is 5.92 Å². The molecule has 0 aliphatic carbocycles. The Labute approximate surface area is 128 Å². The second kappa shape index (κ2) is 9.18. The Morgan fingerprint density at radius 1 is 1.19 bits per heavy atom. The maximum atomic E-state index is 12.2. The summed E-state index contributed by atoms with van der Waals surface area (Å²) < 4.78 is 27.2. The zero-order valence-corrected chi connectivity index (χ0v) is 13.8. The first-order valence-electron chi connectivity index (χ1n) is 7.73. The van der Waals surface area contributed by atoms with E-state index in [1.807, 2.05) is 0 Å². The summed E-state index contributed by atoms with van der Waals surface area (Å²) in [4.78, 5) is 0.287. The first-order valence-corrected chi connectivity index (χ1v) is 9.21. The summed E-state index contributed by atoms with van der Waals surface area (Å²) in [6.45, 7) is 4.81. The predicted octanol–water partition coefficient (Wildman–Crippen LogP) is 2.72. The van der Waals surface area contributed by atoms with Crippen molar-refractivity contribution in [1.29, 1.82) is 0 Å². The molecule has 2 N–H and O–H groups in total. The molecule has 0 radical (unpaired) electrons. The van der Waals surface area contributed by atoms with Crippen molar-refractivity contribution in [3.63, 3.8) is 0 Å². The lowest BCUT2D eigenvalue weighted by atomic mass is 10.00. The van der Waals surface area contributed by atoms with Gasteiger partial charge in [0.05, 0.1) is 4.90 Å². The Kier molecular flexibility index (Phi) is 7.93. The highest BCUT2D eigenvalue weighted by Gasteiger charge is 2.16. The van der Waals surface area contributed by atoms with Gasteiger partial charge in [0, 0.05) is 13.2 Å². The molecule has 0 heterocycles. The molecule has 0 fully saturated rings. The molecule has 0 bridgehead atoms. The van der Waals surface area contributed by atoms with Gasteiger partial charge in [0.15, 0.2) is 0 Å². The monoisotopic (exact) mass is 313 g/mol. The van der Waals surface area contributed by atoms with Crippen molar-refractivity contribution in [2.75, 3.05) is 13.2 Å². The molecule has 21 heavy (non-hydrogen) atoms. The van der Waals surface area contributed by atoms with Gasteiger partial charge >= 0.3 is 0 Å². The first-order chi connectivity index (χ1) is 10.0. The number of benzene rings is 1. The molecule has 0 aliphatic heterocycles. The third-order valence-corrected chi connectivity index (χ3v) is 5.18. The van der Waals surface area contributed by atoms with Gasteiger partial charge in [0.2, 0.25) is 10.0 Å². The number of aliphatic hydroxyl groups excluding tert-OH is 1. The smallest absolute Gasteiger partial charge is 0.240 e. The average Bonchev–Trinajstić information content (AvgIpc) is 2.48. The number of nitrogens with one attached hydrogen (secondary N) is 1. The molecular formula is C16H27NO3S. The third-order valence-electron chi connectivity index (χ3n) is 3.74. The minimum atomic E-state index is -3.43. The summed E-state index contributed by atoms with van der Waals surface area (Å²) in [6, 6.07) is 6.69. The van der Waals surface area contributed by atoms with Crippen molar-refractivity contribution < 1.29 is 13.5 Å². The summed E-state index contributed by atoms with van der Waals surface area (Å²) >= 11 is 0. The lowest BCUT2D eigenvalue weighted by molar-refractivity contribution is 0.299. The van der Waals surface area contributed by atoms with Crippen LogP contribution in [-0.2, 0) is 16.4 Å². The Bertz CT molecular complexity index is 497. The van der Waals surface area contributed by atoms with Crippen LogP contribution in [-0.4, -0.2) is 26.7 Å². The molecule has 1 unspecified atom stereocenters. The number of rotatable bonds is 10. The SMILES string of the molecule is CCCCC(CC)CNS(=O)(=O)c1ccc(CCO)cc1. The Hall–Kier alpha value is -0.910. The van der Waals surface area contributed by atoms with Crippen LogP contribution in [0.1, 0.15) is 45.1 Å². The van der Waals surface area contributed by atoms with Crippen LogP contribution in [0, 0.1) is 5.92 Å². The van der Waals surface area contributed by atoms with Crippen LogP contribution in [0.5, 0.6) is 0 Å². The molecule has 1 atom stereocenters. The second-order valence-corrected chi connectivity index (χ2v) is 7.15. The van der Waals surface area contributed by atoms with Crippen LogP contribution in [0.25, 0.3) is 0 Å². The molecule has 0 saturated heterocycles. The molecule has 0 saturated carbocycles. The number of sulfonamides is 1. The molecule has 4 nitrogen and oxygen atoms in total. The number of aliphatic hydroxyl groups is 1. The van der Waals surface area contributed by atoms with E-state index in [0.29, 0.717) is 18.9 Å². The van der Waals surface area contributed by atoms with Gasteiger partial charge in [-0.15, -0.1) is 0 Å². The molecule has 120 valence electrons. The number of unbranched alkanes of at least 4 members (excludes halogenated alkanes) is 1. The van der Waals surface area contributed by atoms with Crippen molar-refractivity contribution >= 4 is 10.0 Å². The molecule has 0 spiro atoms. The zero-order valence-electron chi connectivity index (χ0n) is 13.0. The van der Waals surface area contributed by atoms with E-state index >= 15 is 0 Å². The van der Waals surface area contributed by atoms with Gasteiger partial charge in [-0.1, -0.05) is 45.2 Å². The third kappa shape index (κ3) is 6.16. The molecule has 0 aliphatic rings. The summed E-state index contributed by atoms with van der Waals surface area (Å²) in [5.74, 6) is 0.397. The van der Waals surface area contributed by atoms with Crippen LogP contribution in [0.3, 0.4) is 0 Å². The maximum absolute atomic E-state index is 12.2. The van der Waals surface area contributed by atoms with Gasteiger partial charge in [-0.3, -0.25) is 0 Å². The van der Waals surface area contributed by atoms with Crippen molar-refractivity contribution in [2.45, 2.75) is 50.8 Å². The van der Waals surface area contributed by atoms with Crippen LogP contribution in [0.2, 0.25) is 0 Å². The lowest BCUT2D eigenvalue weighted by Gasteiger charge is -2.15. The molecular weight excluding hydrogens is 286 g/mol. The highest BCUT2D eigenvalue weighted by atomic mass is 32.2. The van der Waals surface area contributed by atoms with E-state index in [0.717, 1.165) is 31.2 Å². The highest BCUT2D eigenvalue weighted by Crippen LogP contribution is 2.14. The van der Waals surface area contributed by atoms with E-state index in [9.17, 15) is 8.42 Å². The summed E-state index contributed by atoms with van der Waals surface area (Å²) in [7, 11) is -3.43. The topological polar surface area (TPSA) is 66.4 Å². The summed E-state index contributed by atoms with van der Waals surface area (Å²) in [5, 5.41) is 8.86. The van der Waals surface area contributed by atoms with Crippen LogP contribution in [0.4, 0.5) is 0 Å². The van der Waals surface area contributed by atoms with E-state index in [2.05, 4.69) is 18.6 Å². The minimum Gasteiger partial charge on any atom is -0.396 e. The number of hydrogen-bond donors (Lipinski definition) is 2. The Morgan fingerprint density at radius 3 is 2.38 bits per heavy atom. The van der Waals surface area contributed by atoms with E-state index in [1.54, 1.807) is 24.3 Å². The quantitative estimate of drug-likeness (QED) is 0.698. The summed E-state index contributed by atoms with van der Waals surface area (Å²) in [5.41, 5.74) is 0.936. The Balaban J connectivity index is 2.63. The maximum Gasteiger partial charge on any atom is 0.240 e. The fraction of sp³-hybridized carbons (Fsp3) is 0.625. The van der Waals surface area contributed by atoms with Crippen molar-refractivity contribution in [3.8, 4) is 0 Å². The first kappa shape index (κ1) is 18.1. The molecule has 0 aromatic heterocycles. The zero-order chi connectivity index (χ0) is 15.7. The van der Waals surface area contributed by atoms with Crippen LogP contribution in [0.15, 0.2) is 29.2 Å². The molecule has 0 amide bonds. The fourth-order valence-electron chi connectivity index (χ4n) is 2.22. The minimum absolute atomic E-state index is 0.0694. The van der Waals surface area contributed by atoms with E-state index in [1.165, 1.54) is 0 Å². The molecule has 1 aromatic rings. The molecule has 1 rings (SSSR count). The normalized spacial score (nSPS) is 13.3. The fourth-order valence-corrected chi connectivity index (χ4v) is 3.33. The van der Waals surface area contributed by atoms with Gasteiger partial charge in [-0.25, -0.2) is 13.1 Å². The van der Waals surface area contributed by atoms with Gasteiger partial charge in [-0.05, 0) is 36.5 Å². The molecule has 5 heteroatoms. The van der Waals surface area contributed by atoms with Gasteiger partial charge in [0.1, 0.15) is 0 Å².